The standard InChI is InChI=1S/C27H24F3N3/c1-2-9-24-19-11-4-3-10-18(19)16-17-33(24)26-21-13-6-5-12-20(21)25(31-32-26)22-14-7-8-15-23(22)27(28,29)30/h3-8,10-15,24H,2,9,16-17H2,1H3. The lowest BCUT2D eigenvalue weighted by atomic mass is 9.89. The third-order valence-electron chi connectivity index (χ3n) is 6.40. The van der Waals surface area contributed by atoms with Crippen molar-refractivity contribution in [1.82, 2.24) is 10.2 Å². The van der Waals surface area contributed by atoms with Gasteiger partial charge < -0.3 is 4.90 Å². The van der Waals surface area contributed by atoms with E-state index in [1.54, 1.807) is 6.07 Å². The topological polar surface area (TPSA) is 29.0 Å². The van der Waals surface area contributed by atoms with Gasteiger partial charge in [0.05, 0.1) is 11.6 Å². The summed E-state index contributed by atoms with van der Waals surface area (Å²) in [5.41, 5.74) is 2.25. The maximum Gasteiger partial charge on any atom is 0.417 e. The molecule has 4 aromatic rings. The molecule has 2 heterocycles. The van der Waals surface area contributed by atoms with Gasteiger partial charge >= 0.3 is 6.18 Å². The fourth-order valence-corrected chi connectivity index (χ4v) is 4.93. The number of hydrogen-bond acceptors (Lipinski definition) is 3. The minimum Gasteiger partial charge on any atom is -0.347 e. The second-order valence-electron chi connectivity index (χ2n) is 8.41. The van der Waals surface area contributed by atoms with Crippen LogP contribution in [0, 0.1) is 0 Å². The highest BCUT2D eigenvalue weighted by Gasteiger charge is 2.35. The van der Waals surface area contributed by atoms with Crippen molar-refractivity contribution in [1.29, 1.82) is 0 Å². The van der Waals surface area contributed by atoms with E-state index in [1.807, 2.05) is 24.3 Å². The van der Waals surface area contributed by atoms with Crippen LogP contribution in [-0.4, -0.2) is 16.7 Å². The summed E-state index contributed by atoms with van der Waals surface area (Å²) < 4.78 is 41.2. The van der Waals surface area contributed by atoms with Crippen LogP contribution in [-0.2, 0) is 12.6 Å². The number of hydrogen-bond donors (Lipinski definition) is 0. The summed E-state index contributed by atoms with van der Waals surface area (Å²) in [7, 11) is 0. The Labute approximate surface area is 190 Å². The number of halogens is 3. The summed E-state index contributed by atoms with van der Waals surface area (Å²) in [6, 6.07) is 21.7. The van der Waals surface area contributed by atoms with Gasteiger partial charge in [-0.25, -0.2) is 0 Å². The van der Waals surface area contributed by atoms with Crippen LogP contribution in [0.2, 0.25) is 0 Å². The first-order valence-electron chi connectivity index (χ1n) is 11.3. The van der Waals surface area contributed by atoms with Crippen molar-refractivity contribution >= 4 is 16.6 Å². The van der Waals surface area contributed by atoms with Gasteiger partial charge in [-0.1, -0.05) is 80.1 Å². The Morgan fingerprint density at radius 2 is 1.58 bits per heavy atom. The Morgan fingerprint density at radius 1 is 0.879 bits per heavy atom. The summed E-state index contributed by atoms with van der Waals surface area (Å²) in [6.07, 6.45) is -1.60. The molecule has 0 aliphatic carbocycles. The van der Waals surface area contributed by atoms with Crippen molar-refractivity contribution in [3.63, 3.8) is 0 Å². The Hall–Kier alpha value is -3.41. The van der Waals surface area contributed by atoms with Crippen molar-refractivity contribution in [3.05, 3.63) is 89.5 Å². The van der Waals surface area contributed by atoms with Crippen LogP contribution in [0.1, 0.15) is 42.5 Å². The number of aromatic nitrogens is 2. The van der Waals surface area contributed by atoms with Gasteiger partial charge in [-0.15, -0.1) is 10.2 Å². The van der Waals surface area contributed by atoms with Crippen molar-refractivity contribution in [2.75, 3.05) is 11.4 Å². The van der Waals surface area contributed by atoms with Crippen LogP contribution in [0.25, 0.3) is 22.0 Å². The van der Waals surface area contributed by atoms with Gasteiger partial charge in [0.2, 0.25) is 0 Å². The third kappa shape index (κ3) is 3.84. The van der Waals surface area contributed by atoms with Gasteiger partial charge in [0.1, 0.15) is 5.69 Å². The number of anilines is 1. The molecule has 0 spiro atoms. The molecule has 3 nitrogen and oxygen atoms in total. The zero-order valence-corrected chi connectivity index (χ0v) is 18.3. The summed E-state index contributed by atoms with van der Waals surface area (Å²) in [5.74, 6) is 0.729. The first-order chi connectivity index (χ1) is 16.0. The fourth-order valence-electron chi connectivity index (χ4n) is 4.93. The minimum atomic E-state index is -4.47. The highest BCUT2D eigenvalue weighted by molar-refractivity contribution is 6.01. The van der Waals surface area contributed by atoms with Gasteiger partial charge in [0.15, 0.2) is 5.82 Å². The molecule has 0 radical (unpaired) electrons. The Kier molecular flexibility index (Phi) is 5.52. The molecule has 0 bridgehead atoms. The lowest BCUT2D eigenvalue weighted by Crippen LogP contribution is -2.36. The summed E-state index contributed by atoms with van der Waals surface area (Å²) >= 11 is 0. The lowest BCUT2D eigenvalue weighted by molar-refractivity contribution is -0.137. The first kappa shape index (κ1) is 21.4. The molecule has 33 heavy (non-hydrogen) atoms. The van der Waals surface area contributed by atoms with E-state index in [-0.39, 0.29) is 17.3 Å². The molecule has 1 aliphatic heterocycles. The second-order valence-corrected chi connectivity index (χ2v) is 8.41. The third-order valence-corrected chi connectivity index (χ3v) is 6.40. The van der Waals surface area contributed by atoms with Crippen molar-refractivity contribution < 1.29 is 13.2 Å². The molecule has 3 aromatic carbocycles. The van der Waals surface area contributed by atoms with E-state index < -0.39 is 11.7 Å². The smallest absolute Gasteiger partial charge is 0.347 e. The molecule has 1 aromatic heterocycles. The Morgan fingerprint density at radius 3 is 2.36 bits per heavy atom. The molecule has 5 rings (SSSR count). The molecular formula is C27H24F3N3. The summed E-state index contributed by atoms with van der Waals surface area (Å²) in [6.45, 7) is 2.95. The maximum atomic E-state index is 13.7. The average molecular weight is 448 g/mol. The molecule has 0 saturated carbocycles. The number of benzene rings is 3. The van der Waals surface area contributed by atoms with E-state index in [0.717, 1.165) is 43.1 Å². The largest absolute Gasteiger partial charge is 0.417 e. The monoisotopic (exact) mass is 447 g/mol. The molecule has 0 fully saturated rings. The molecule has 0 amide bonds. The summed E-state index contributed by atoms with van der Waals surface area (Å²) in [4.78, 5) is 2.28. The number of nitrogens with zero attached hydrogens (tertiary/aromatic N) is 3. The number of fused-ring (bicyclic) bond motifs is 2. The molecule has 0 saturated heterocycles. The molecular weight excluding hydrogens is 423 g/mol. The predicted octanol–water partition coefficient (Wildman–Crippen LogP) is 7.22. The maximum absolute atomic E-state index is 13.7. The normalized spacial score (nSPS) is 16.1. The molecule has 6 heteroatoms. The van der Waals surface area contributed by atoms with Gasteiger partial charge in [-0.3, -0.25) is 0 Å². The van der Waals surface area contributed by atoms with Crippen LogP contribution in [0.4, 0.5) is 19.0 Å². The zero-order valence-electron chi connectivity index (χ0n) is 18.3. The van der Waals surface area contributed by atoms with E-state index in [0.29, 0.717) is 5.39 Å². The zero-order chi connectivity index (χ0) is 23.0. The van der Waals surface area contributed by atoms with Crippen molar-refractivity contribution in [3.8, 4) is 11.3 Å². The van der Waals surface area contributed by atoms with Gasteiger partial charge in [0, 0.05) is 22.9 Å². The van der Waals surface area contributed by atoms with Crippen molar-refractivity contribution in [2.45, 2.75) is 38.4 Å². The SMILES string of the molecule is CCCC1c2ccccc2CCN1c1nnc(-c2ccccc2C(F)(F)F)c2ccccc12. The Balaban J connectivity index is 1.68. The van der Waals surface area contributed by atoms with Crippen LogP contribution in [0.15, 0.2) is 72.8 Å². The predicted molar refractivity (Wildman–Crippen MR) is 125 cm³/mol. The molecule has 1 atom stereocenters. The van der Waals surface area contributed by atoms with Gasteiger partial charge in [0.25, 0.3) is 0 Å². The van der Waals surface area contributed by atoms with Gasteiger partial charge in [-0.2, -0.15) is 13.2 Å². The van der Waals surface area contributed by atoms with E-state index >= 15 is 0 Å². The van der Waals surface area contributed by atoms with Crippen LogP contribution < -0.4 is 4.90 Å². The quantitative estimate of drug-likeness (QED) is 0.331. The minimum absolute atomic E-state index is 0.0503. The van der Waals surface area contributed by atoms with Gasteiger partial charge in [-0.05, 0) is 30.0 Å². The van der Waals surface area contributed by atoms with Crippen LogP contribution in [0.5, 0.6) is 0 Å². The molecule has 168 valence electrons. The highest BCUT2D eigenvalue weighted by atomic mass is 19.4. The van der Waals surface area contributed by atoms with E-state index in [2.05, 4.69) is 46.3 Å². The van der Waals surface area contributed by atoms with E-state index in [9.17, 15) is 13.2 Å². The number of alkyl halides is 3. The first-order valence-corrected chi connectivity index (χ1v) is 11.3. The molecule has 1 aliphatic rings. The van der Waals surface area contributed by atoms with Crippen LogP contribution >= 0.6 is 0 Å². The van der Waals surface area contributed by atoms with Crippen molar-refractivity contribution in [2.24, 2.45) is 0 Å². The molecule has 0 N–H and O–H groups in total. The second kappa shape index (κ2) is 8.50. The van der Waals surface area contributed by atoms with E-state index in [4.69, 9.17) is 0 Å². The fraction of sp³-hybridized carbons (Fsp3) is 0.259. The Bertz CT molecular complexity index is 1300. The summed E-state index contributed by atoms with van der Waals surface area (Å²) in [5, 5.41) is 10.4. The lowest BCUT2D eigenvalue weighted by Gasteiger charge is -2.38. The van der Waals surface area contributed by atoms with Crippen LogP contribution in [0.3, 0.4) is 0 Å². The average Bonchev–Trinajstić information content (AvgIpc) is 2.83. The number of rotatable bonds is 4. The van der Waals surface area contributed by atoms with E-state index in [1.165, 1.54) is 23.3 Å². The molecule has 1 unspecified atom stereocenters. The highest BCUT2D eigenvalue weighted by Crippen LogP contribution is 2.42.